The largest absolute Gasteiger partial charge is 0.390 e. The van der Waals surface area contributed by atoms with Crippen LogP contribution in [0.25, 0.3) is 0 Å². The molecule has 4 nitrogen and oxygen atoms in total. The fraction of sp³-hybridized carbons (Fsp3) is 0.786. The van der Waals surface area contributed by atoms with Crippen molar-refractivity contribution in [3.05, 3.63) is 11.6 Å². The average molecular weight is 254 g/mol. The van der Waals surface area contributed by atoms with Gasteiger partial charge in [-0.3, -0.25) is 9.69 Å². The van der Waals surface area contributed by atoms with Crippen LogP contribution < -0.4 is 0 Å². The maximum Gasteiger partial charge on any atom is 0.219 e. The summed E-state index contributed by atoms with van der Waals surface area (Å²) in [4.78, 5) is 15.3. The Bertz CT molecular complexity index is 302. The molecule has 1 amide bonds. The van der Waals surface area contributed by atoms with Crippen molar-refractivity contribution >= 4 is 5.91 Å². The summed E-state index contributed by atoms with van der Waals surface area (Å²) in [7, 11) is 0. The second kappa shape index (κ2) is 7.54. The Balaban J connectivity index is 2.41. The summed E-state index contributed by atoms with van der Waals surface area (Å²) in [6.45, 7) is 9.55. The van der Waals surface area contributed by atoms with Crippen molar-refractivity contribution in [1.29, 1.82) is 0 Å². The van der Waals surface area contributed by atoms with Gasteiger partial charge in [-0.05, 0) is 19.8 Å². The van der Waals surface area contributed by atoms with Gasteiger partial charge in [0.25, 0.3) is 0 Å². The van der Waals surface area contributed by atoms with Gasteiger partial charge in [-0.1, -0.05) is 18.6 Å². The zero-order chi connectivity index (χ0) is 13.5. The Morgan fingerprint density at radius 3 is 2.67 bits per heavy atom. The Morgan fingerprint density at radius 1 is 1.33 bits per heavy atom. The van der Waals surface area contributed by atoms with Crippen molar-refractivity contribution in [3.63, 3.8) is 0 Å². The third-order valence-corrected chi connectivity index (χ3v) is 3.53. The molecule has 0 aliphatic carbocycles. The molecule has 1 atom stereocenters. The molecule has 0 aromatic carbocycles. The molecule has 1 aliphatic rings. The van der Waals surface area contributed by atoms with Crippen LogP contribution in [-0.2, 0) is 4.79 Å². The molecule has 1 unspecified atom stereocenters. The summed E-state index contributed by atoms with van der Waals surface area (Å²) in [6.07, 6.45) is 3.96. The number of allylic oxidation sites excluding steroid dienone is 1. The minimum absolute atomic E-state index is 0.0534. The smallest absolute Gasteiger partial charge is 0.219 e. The van der Waals surface area contributed by atoms with E-state index in [1.54, 1.807) is 11.8 Å². The van der Waals surface area contributed by atoms with Gasteiger partial charge in [0.1, 0.15) is 0 Å². The zero-order valence-electron chi connectivity index (χ0n) is 11.9. The summed E-state index contributed by atoms with van der Waals surface area (Å²) in [6, 6.07) is 0. The molecule has 0 bridgehead atoms. The quantitative estimate of drug-likeness (QED) is 0.768. The lowest BCUT2D eigenvalue weighted by molar-refractivity contribution is -0.129. The number of amides is 1. The number of β-amino-alcohol motifs (C(OH)–C–C–N with tert-alkyl or cyclic N) is 1. The van der Waals surface area contributed by atoms with Gasteiger partial charge in [-0.25, -0.2) is 0 Å². The first-order valence-corrected chi connectivity index (χ1v) is 6.84. The van der Waals surface area contributed by atoms with Gasteiger partial charge >= 0.3 is 0 Å². The average Bonchev–Trinajstić information content (AvgIpc) is 2.50. The highest BCUT2D eigenvalue weighted by atomic mass is 16.3. The highest BCUT2D eigenvalue weighted by Gasteiger charge is 2.21. The van der Waals surface area contributed by atoms with Crippen molar-refractivity contribution in [2.75, 3.05) is 32.7 Å². The van der Waals surface area contributed by atoms with E-state index >= 15 is 0 Å². The van der Waals surface area contributed by atoms with E-state index in [0.717, 1.165) is 32.5 Å². The van der Waals surface area contributed by atoms with Crippen LogP contribution in [0.1, 0.15) is 33.6 Å². The number of hydrogen-bond acceptors (Lipinski definition) is 3. The van der Waals surface area contributed by atoms with Crippen LogP contribution in [0.15, 0.2) is 11.6 Å². The maximum atomic E-state index is 11.3. The highest BCUT2D eigenvalue weighted by Crippen LogP contribution is 2.06. The molecule has 4 heteroatoms. The van der Waals surface area contributed by atoms with E-state index in [1.807, 2.05) is 0 Å². The van der Waals surface area contributed by atoms with Gasteiger partial charge in [0, 0.05) is 39.6 Å². The molecule has 1 heterocycles. The first-order chi connectivity index (χ1) is 8.52. The van der Waals surface area contributed by atoms with Crippen LogP contribution in [0.3, 0.4) is 0 Å². The lowest BCUT2D eigenvalue weighted by atomic mass is 10.2. The number of hydrogen-bond donors (Lipinski definition) is 1. The molecule has 1 aliphatic heterocycles. The van der Waals surface area contributed by atoms with Crippen molar-refractivity contribution in [2.45, 2.75) is 39.7 Å². The van der Waals surface area contributed by atoms with Crippen molar-refractivity contribution < 1.29 is 9.90 Å². The number of carbonyl (C=O) groups excluding carboxylic acids is 1. The minimum atomic E-state index is -0.423. The summed E-state index contributed by atoms with van der Waals surface area (Å²) in [5, 5.41) is 9.88. The van der Waals surface area contributed by atoms with Crippen molar-refractivity contribution in [2.24, 2.45) is 0 Å². The molecule has 0 aromatic rings. The molecule has 1 rings (SSSR count). The fourth-order valence-electron chi connectivity index (χ4n) is 2.18. The van der Waals surface area contributed by atoms with E-state index in [-0.39, 0.29) is 5.91 Å². The minimum Gasteiger partial charge on any atom is -0.390 e. The molecule has 1 fully saturated rings. The summed E-state index contributed by atoms with van der Waals surface area (Å²) < 4.78 is 0. The Kier molecular flexibility index (Phi) is 6.36. The number of carbonyl (C=O) groups is 1. The molecule has 104 valence electrons. The molecule has 1 N–H and O–H groups in total. The molecule has 0 spiro atoms. The van der Waals surface area contributed by atoms with Crippen molar-refractivity contribution in [3.8, 4) is 0 Å². The molecule has 18 heavy (non-hydrogen) atoms. The fourth-order valence-corrected chi connectivity index (χ4v) is 2.18. The zero-order valence-corrected chi connectivity index (χ0v) is 11.9. The Labute approximate surface area is 110 Å². The van der Waals surface area contributed by atoms with E-state index < -0.39 is 6.10 Å². The molecule has 0 saturated carbocycles. The van der Waals surface area contributed by atoms with Crippen LogP contribution in [0.5, 0.6) is 0 Å². The SMILES string of the molecule is CCC(C)=CCCN1CCN(C(C)=O)CC(O)C1. The number of aliphatic hydroxyl groups excluding tert-OH is 1. The van der Waals surface area contributed by atoms with Crippen LogP contribution in [0.2, 0.25) is 0 Å². The summed E-state index contributed by atoms with van der Waals surface area (Å²) in [5.74, 6) is 0.0534. The predicted octanol–water partition coefficient (Wildman–Crippen LogP) is 1.26. The molecule has 1 saturated heterocycles. The van der Waals surface area contributed by atoms with Crippen molar-refractivity contribution in [1.82, 2.24) is 9.80 Å². The Hall–Kier alpha value is -0.870. The molecular formula is C14H26N2O2. The summed E-state index contributed by atoms with van der Waals surface area (Å²) >= 11 is 0. The number of aliphatic hydroxyl groups is 1. The molecular weight excluding hydrogens is 228 g/mol. The first kappa shape index (κ1) is 15.2. The van der Waals surface area contributed by atoms with E-state index in [9.17, 15) is 9.90 Å². The lowest BCUT2D eigenvalue weighted by Crippen LogP contribution is -2.36. The normalized spacial score (nSPS) is 23.0. The maximum absolute atomic E-state index is 11.3. The number of rotatable bonds is 4. The van der Waals surface area contributed by atoms with E-state index in [1.165, 1.54) is 5.57 Å². The van der Waals surface area contributed by atoms with Gasteiger partial charge in [-0.2, -0.15) is 0 Å². The Morgan fingerprint density at radius 2 is 2.06 bits per heavy atom. The van der Waals surface area contributed by atoms with Gasteiger partial charge in [0.15, 0.2) is 0 Å². The van der Waals surface area contributed by atoms with Gasteiger partial charge < -0.3 is 10.0 Å². The predicted molar refractivity (Wildman–Crippen MR) is 73.4 cm³/mol. The molecule has 0 aromatic heterocycles. The van der Waals surface area contributed by atoms with Gasteiger partial charge in [-0.15, -0.1) is 0 Å². The standard InChI is InChI=1S/C14H26N2O2/c1-4-12(2)6-5-7-15-8-9-16(13(3)17)11-14(18)10-15/h6,14,18H,4-5,7-11H2,1-3H3. The first-order valence-electron chi connectivity index (χ1n) is 6.84. The van der Waals surface area contributed by atoms with Crippen LogP contribution in [-0.4, -0.2) is 59.6 Å². The second-order valence-corrected chi connectivity index (χ2v) is 5.11. The lowest BCUT2D eigenvalue weighted by Gasteiger charge is -2.20. The van der Waals surface area contributed by atoms with E-state index in [4.69, 9.17) is 0 Å². The second-order valence-electron chi connectivity index (χ2n) is 5.11. The monoisotopic (exact) mass is 254 g/mol. The van der Waals surface area contributed by atoms with Gasteiger partial charge in [0.2, 0.25) is 5.91 Å². The van der Waals surface area contributed by atoms with Gasteiger partial charge in [0.05, 0.1) is 6.10 Å². The number of nitrogens with zero attached hydrogens (tertiary/aromatic N) is 2. The highest BCUT2D eigenvalue weighted by molar-refractivity contribution is 5.73. The van der Waals surface area contributed by atoms with Crippen LogP contribution >= 0.6 is 0 Å². The summed E-state index contributed by atoms with van der Waals surface area (Å²) in [5.41, 5.74) is 1.41. The molecule has 0 radical (unpaired) electrons. The van der Waals surface area contributed by atoms with Crippen LogP contribution in [0, 0.1) is 0 Å². The van der Waals surface area contributed by atoms with E-state index in [0.29, 0.717) is 13.1 Å². The van der Waals surface area contributed by atoms with E-state index in [2.05, 4.69) is 24.8 Å². The third-order valence-electron chi connectivity index (χ3n) is 3.53. The topological polar surface area (TPSA) is 43.8 Å². The van der Waals surface area contributed by atoms with Crippen LogP contribution in [0.4, 0.5) is 0 Å². The third kappa shape index (κ3) is 5.19.